The number of phenols is 1. The molecule has 0 unspecified atom stereocenters. The zero-order valence-electron chi connectivity index (χ0n) is 11.0. The van der Waals surface area contributed by atoms with E-state index >= 15 is 0 Å². The van der Waals surface area contributed by atoms with Gasteiger partial charge in [-0.25, -0.2) is 0 Å². The number of aromatic nitrogens is 2. The quantitative estimate of drug-likeness (QED) is 0.824. The normalized spacial score (nSPS) is 17.3. The zero-order chi connectivity index (χ0) is 13.6. The van der Waals surface area contributed by atoms with Crippen LogP contribution in [-0.2, 0) is 6.42 Å². The van der Waals surface area contributed by atoms with Crippen LogP contribution < -0.4 is 0 Å². The van der Waals surface area contributed by atoms with Gasteiger partial charge < -0.3 is 5.11 Å². The van der Waals surface area contributed by atoms with E-state index in [0.717, 1.165) is 12.1 Å². The van der Waals surface area contributed by atoms with Crippen molar-refractivity contribution in [1.29, 1.82) is 0 Å². The molecule has 98 valence electrons. The molecular weight excluding hydrogens is 240 g/mol. The molecule has 0 aliphatic heterocycles. The van der Waals surface area contributed by atoms with E-state index < -0.39 is 0 Å². The first-order valence-corrected chi connectivity index (χ1v) is 6.37. The Bertz CT molecular complexity index is 656. The number of benzene rings is 1. The van der Waals surface area contributed by atoms with Gasteiger partial charge in [-0.15, -0.1) is 0 Å². The van der Waals surface area contributed by atoms with Crippen LogP contribution in [0.3, 0.4) is 0 Å². The van der Waals surface area contributed by atoms with E-state index in [1.54, 1.807) is 18.2 Å². The summed E-state index contributed by atoms with van der Waals surface area (Å²) >= 11 is 0. The van der Waals surface area contributed by atoms with Crippen molar-refractivity contribution >= 4 is 5.78 Å². The van der Waals surface area contributed by atoms with Gasteiger partial charge >= 0.3 is 0 Å². The molecular formula is C15H16N2O2. The Morgan fingerprint density at radius 3 is 2.74 bits per heavy atom. The van der Waals surface area contributed by atoms with Crippen molar-refractivity contribution < 1.29 is 9.90 Å². The fourth-order valence-electron chi connectivity index (χ4n) is 2.74. The third-order valence-corrected chi connectivity index (χ3v) is 3.57. The maximum Gasteiger partial charge on any atom is 0.167 e. The van der Waals surface area contributed by atoms with Crippen LogP contribution in [0.4, 0.5) is 0 Å². The lowest BCUT2D eigenvalue weighted by Gasteiger charge is -2.27. The molecule has 4 heteroatoms. The van der Waals surface area contributed by atoms with E-state index in [1.807, 2.05) is 6.07 Å². The van der Waals surface area contributed by atoms with Gasteiger partial charge in [-0.1, -0.05) is 26.0 Å². The number of rotatable bonds is 1. The summed E-state index contributed by atoms with van der Waals surface area (Å²) in [5, 5.41) is 17.1. The minimum atomic E-state index is -0.0351. The SMILES string of the molecule is CC1(C)CC(=O)c2c(-c3ccccc3O)n[nH]c2C1. The molecule has 0 spiro atoms. The summed E-state index contributed by atoms with van der Waals surface area (Å²) in [5.41, 5.74) is 2.65. The minimum Gasteiger partial charge on any atom is -0.507 e. The lowest BCUT2D eigenvalue weighted by molar-refractivity contribution is 0.0912. The van der Waals surface area contributed by atoms with Crippen LogP contribution in [-0.4, -0.2) is 21.1 Å². The summed E-state index contributed by atoms with van der Waals surface area (Å²) in [6.07, 6.45) is 1.31. The molecule has 0 saturated carbocycles. The monoisotopic (exact) mass is 256 g/mol. The van der Waals surface area contributed by atoms with Gasteiger partial charge in [-0.2, -0.15) is 5.10 Å². The number of ketones is 1. The number of hydrogen-bond acceptors (Lipinski definition) is 3. The molecule has 2 aromatic rings. The van der Waals surface area contributed by atoms with Crippen molar-refractivity contribution in [2.75, 3.05) is 0 Å². The van der Waals surface area contributed by atoms with Crippen LogP contribution >= 0.6 is 0 Å². The summed E-state index contributed by atoms with van der Waals surface area (Å²) in [7, 11) is 0. The van der Waals surface area contributed by atoms with Crippen molar-refractivity contribution in [2.24, 2.45) is 5.41 Å². The van der Waals surface area contributed by atoms with E-state index in [1.165, 1.54) is 0 Å². The molecule has 2 N–H and O–H groups in total. The molecule has 0 atom stereocenters. The van der Waals surface area contributed by atoms with E-state index in [0.29, 0.717) is 23.2 Å². The molecule has 0 amide bonds. The molecule has 3 rings (SSSR count). The highest BCUT2D eigenvalue weighted by atomic mass is 16.3. The predicted octanol–water partition coefficient (Wildman–Crippen LogP) is 2.94. The Kier molecular flexibility index (Phi) is 2.49. The van der Waals surface area contributed by atoms with Gasteiger partial charge in [0.05, 0.1) is 5.56 Å². The van der Waals surface area contributed by atoms with E-state index in [-0.39, 0.29) is 16.9 Å². The number of para-hydroxylation sites is 1. The molecule has 19 heavy (non-hydrogen) atoms. The topological polar surface area (TPSA) is 66.0 Å². The predicted molar refractivity (Wildman–Crippen MR) is 72.1 cm³/mol. The molecule has 0 saturated heterocycles. The van der Waals surface area contributed by atoms with E-state index in [2.05, 4.69) is 24.0 Å². The van der Waals surface area contributed by atoms with Crippen molar-refractivity contribution in [3.63, 3.8) is 0 Å². The van der Waals surface area contributed by atoms with Gasteiger partial charge in [0, 0.05) is 17.7 Å². The Labute approximate surface area is 111 Å². The van der Waals surface area contributed by atoms with Crippen molar-refractivity contribution in [2.45, 2.75) is 26.7 Å². The number of H-pyrrole nitrogens is 1. The van der Waals surface area contributed by atoms with Crippen molar-refractivity contribution in [3.8, 4) is 17.0 Å². The smallest absolute Gasteiger partial charge is 0.167 e. The number of hydrogen-bond donors (Lipinski definition) is 2. The molecule has 1 aromatic carbocycles. The van der Waals surface area contributed by atoms with Crippen LogP contribution in [0.25, 0.3) is 11.3 Å². The highest BCUT2D eigenvalue weighted by Crippen LogP contribution is 2.39. The van der Waals surface area contributed by atoms with Gasteiger partial charge in [-0.05, 0) is 24.0 Å². The van der Waals surface area contributed by atoms with Gasteiger partial charge in [0.25, 0.3) is 0 Å². The lowest BCUT2D eigenvalue weighted by Crippen LogP contribution is -2.26. The first-order chi connectivity index (χ1) is 8.98. The second-order valence-electron chi connectivity index (χ2n) is 5.88. The number of aromatic hydroxyl groups is 1. The highest BCUT2D eigenvalue weighted by Gasteiger charge is 2.35. The Morgan fingerprint density at radius 2 is 2.00 bits per heavy atom. The second-order valence-corrected chi connectivity index (χ2v) is 5.88. The van der Waals surface area contributed by atoms with E-state index in [9.17, 15) is 9.90 Å². The average Bonchev–Trinajstić information content (AvgIpc) is 2.71. The van der Waals surface area contributed by atoms with Gasteiger partial charge in [-0.3, -0.25) is 9.89 Å². The number of nitrogens with one attached hydrogen (secondary N) is 1. The molecule has 1 aromatic heterocycles. The van der Waals surface area contributed by atoms with Gasteiger partial charge in [0.1, 0.15) is 11.4 Å². The number of phenolic OH excluding ortho intramolecular Hbond substituents is 1. The lowest BCUT2D eigenvalue weighted by atomic mass is 9.75. The largest absolute Gasteiger partial charge is 0.507 e. The molecule has 0 radical (unpaired) electrons. The maximum absolute atomic E-state index is 12.3. The summed E-state index contributed by atoms with van der Waals surface area (Å²) in [6, 6.07) is 6.96. The van der Waals surface area contributed by atoms with E-state index in [4.69, 9.17) is 0 Å². The Hall–Kier alpha value is -2.10. The Balaban J connectivity index is 2.15. The van der Waals surface area contributed by atoms with Crippen LogP contribution in [0.5, 0.6) is 5.75 Å². The first kappa shape index (κ1) is 12.0. The van der Waals surface area contributed by atoms with Crippen LogP contribution in [0.15, 0.2) is 24.3 Å². The number of Topliss-reactive ketones (excluding diaryl/α,β-unsaturated/α-hetero) is 1. The second kappa shape index (κ2) is 3.95. The van der Waals surface area contributed by atoms with Gasteiger partial charge in [0.15, 0.2) is 5.78 Å². The molecule has 0 fully saturated rings. The summed E-state index contributed by atoms with van der Waals surface area (Å²) in [4.78, 5) is 12.3. The fourth-order valence-corrected chi connectivity index (χ4v) is 2.74. The van der Waals surface area contributed by atoms with Crippen molar-refractivity contribution in [3.05, 3.63) is 35.5 Å². The standard InChI is InChI=1S/C15H16N2O2/c1-15(2)7-10-13(12(19)8-15)14(17-16-10)9-5-3-4-6-11(9)18/h3-6,18H,7-8H2,1-2H3,(H,16,17). The maximum atomic E-state index is 12.3. The molecule has 4 nitrogen and oxygen atoms in total. The summed E-state index contributed by atoms with van der Waals surface area (Å²) in [6.45, 7) is 4.16. The number of carbonyl (C=O) groups excluding carboxylic acids is 1. The zero-order valence-corrected chi connectivity index (χ0v) is 11.0. The molecule has 0 bridgehead atoms. The van der Waals surface area contributed by atoms with Crippen molar-refractivity contribution in [1.82, 2.24) is 10.2 Å². The van der Waals surface area contributed by atoms with Crippen LogP contribution in [0.1, 0.15) is 36.3 Å². The highest BCUT2D eigenvalue weighted by molar-refractivity contribution is 6.04. The Morgan fingerprint density at radius 1 is 1.26 bits per heavy atom. The average molecular weight is 256 g/mol. The number of nitrogens with zero attached hydrogens (tertiary/aromatic N) is 1. The van der Waals surface area contributed by atoms with Gasteiger partial charge in [0.2, 0.25) is 0 Å². The first-order valence-electron chi connectivity index (χ1n) is 6.37. The number of fused-ring (bicyclic) bond motifs is 1. The third-order valence-electron chi connectivity index (χ3n) is 3.57. The molecule has 1 heterocycles. The fraction of sp³-hybridized carbons (Fsp3) is 0.333. The molecule has 1 aliphatic carbocycles. The van der Waals surface area contributed by atoms with Crippen LogP contribution in [0.2, 0.25) is 0 Å². The molecule has 1 aliphatic rings. The summed E-state index contributed by atoms with van der Waals surface area (Å²) < 4.78 is 0. The number of aromatic amines is 1. The summed E-state index contributed by atoms with van der Waals surface area (Å²) in [5.74, 6) is 0.243. The third kappa shape index (κ3) is 1.93. The van der Waals surface area contributed by atoms with Crippen LogP contribution in [0, 0.1) is 5.41 Å². The number of carbonyl (C=O) groups is 1. The minimum absolute atomic E-state index is 0.0351.